The number of hydrogen-bond acceptors (Lipinski definition) is 4. The molecular weight excluding hydrogens is 184 g/mol. The Balaban J connectivity index is 2.82. The van der Waals surface area contributed by atoms with Crippen LogP contribution in [0.5, 0.6) is 0 Å². The average molecular weight is 190 g/mol. The Hall–Kier alpha value is -2.17. The van der Waals surface area contributed by atoms with Crippen molar-refractivity contribution in [2.45, 2.75) is 0 Å². The molecule has 1 aromatic carbocycles. The maximum Gasteiger partial charge on any atom is 0.321 e. The lowest BCUT2D eigenvalue weighted by atomic mass is 10.3. The molecule has 2 rings (SSSR count). The summed E-state index contributed by atoms with van der Waals surface area (Å²) in [6, 6.07) is 6.88. The Labute approximate surface area is 78.5 Å². The van der Waals surface area contributed by atoms with Gasteiger partial charge < -0.3 is 4.84 Å². The summed E-state index contributed by atoms with van der Waals surface area (Å²) in [6.07, 6.45) is 1.10. The summed E-state index contributed by atoms with van der Waals surface area (Å²) >= 11 is 0. The van der Waals surface area contributed by atoms with Crippen LogP contribution in [0.25, 0.3) is 11.0 Å². The molecule has 0 spiro atoms. The van der Waals surface area contributed by atoms with Crippen molar-refractivity contribution in [3.63, 3.8) is 0 Å². The number of carbonyl (C=O) groups is 1. The highest BCUT2D eigenvalue weighted by Gasteiger charge is 2.02. The van der Waals surface area contributed by atoms with E-state index in [1.807, 2.05) is 0 Å². The summed E-state index contributed by atoms with van der Waals surface area (Å²) in [7, 11) is 0. The first-order valence-corrected chi connectivity index (χ1v) is 3.90. The van der Waals surface area contributed by atoms with E-state index in [4.69, 9.17) is 0 Å². The number of carbonyl (C=O) groups excluding carboxylic acids is 1. The highest BCUT2D eigenvalue weighted by molar-refractivity contribution is 5.74. The Morgan fingerprint density at radius 2 is 2.14 bits per heavy atom. The lowest BCUT2D eigenvalue weighted by molar-refractivity contribution is -0.129. The van der Waals surface area contributed by atoms with Gasteiger partial charge in [-0.2, -0.15) is 0 Å². The molecule has 1 heterocycles. The highest BCUT2D eigenvalue weighted by atomic mass is 16.7. The maximum atomic E-state index is 11.2. The number of benzene rings is 1. The molecule has 0 radical (unpaired) electrons. The van der Waals surface area contributed by atoms with Gasteiger partial charge in [0.25, 0.3) is 0 Å². The van der Waals surface area contributed by atoms with Gasteiger partial charge in [-0.1, -0.05) is 12.1 Å². The van der Waals surface area contributed by atoms with Gasteiger partial charge in [0.05, 0.1) is 11.7 Å². The zero-order chi connectivity index (χ0) is 9.97. The summed E-state index contributed by atoms with van der Waals surface area (Å²) in [5, 5.41) is 0. The van der Waals surface area contributed by atoms with Crippen LogP contribution in [0.4, 0.5) is 0 Å². The van der Waals surface area contributed by atoms with Crippen molar-refractivity contribution in [1.29, 1.82) is 0 Å². The first kappa shape index (κ1) is 8.43. The molecule has 0 unspecified atom stereocenters. The summed E-state index contributed by atoms with van der Waals surface area (Å²) in [6.45, 7) is 0.202. The second-order valence-electron chi connectivity index (χ2n) is 2.58. The summed E-state index contributed by atoms with van der Waals surface area (Å²) in [4.78, 5) is 29.8. The second-order valence-corrected chi connectivity index (χ2v) is 2.58. The van der Waals surface area contributed by atoms with Gasteiger partial charge in [-0.05, 0) is 12.1 Å². The van der Waals surface area contributed by atoms with Gasteiger partial charge >= 0.3 is 12.0 Å². The number of para-hydroxylation sites is 2. The zero-order valence-corrected chi connectivity index (χ0v) is 7.08. The molecule has 0 atom stereocenters. The molecule has 0 bridgehead atoms. The summed E-state index contributed by atoms with van der Waals surface area (Å²) in [5.41, 5.74) is 0.580. The molecule has 0 aliphatic heterocycles. The van der Waals surface area contributed by atoms with Gasteiger partial charge in [0, 0.05) is 0 Å². The zero-order valence-electron chi connectivity index (χ0n) is 7.08. The Bertz CT molecular complexity index is 533. The van der Waals surface area contributed by atoms with E-state index in [-0.39, 0.29) is 6.47 Å². The first-order valence-electron chi connectivity index (χ1n) is 3.90. The van der Waals surface area contributed by atoms with Crippen molar-refractivity contribution < 1.29 is 9.63 Å². The SMILES string of the molecule is O=COn1c(=O)cnc2ccccc21. The van der Waals surface area contributed by atoms with Gasteiger partial charge in [0.2, 0.25) is 0 Å². The molecular formula is C9H6N2O3. The van der Waals surface area contributed by atoms with Crippen LogP contribution >= 0.6 is 0 Å². The van der Waals surface area contributed by atoms with Crippen LogP contribution in [0, 0.1) is 0 Å². The molecule has 1 aromatic heterocycles. The van der Waals surface area contributed by atoms with Crippen molar-refractivity contribution in [3.05, 3.63) is 40.8 Å². The lowest BCUT2D eigenvalue weighted by Gasteiger charge is -2.04. The summed E-state index contributed by atoms with van der Waals surface area (Å²) < 4.78 is 0.898. The molecule has 0 aliphatic rings. The van der Waals surface area contributed by atoms with Crippen molar-refractivity contribution >= 4 is 17.5 Å². The normalized spacial score (nSPS) is 10.0. The van der Waals surface area contributed by atoms with Crippen LogP contribution in [0.1, 0.15) is 0 Å². The minimum absolute atomic E-state index is 0.202. The topological polar surface area (TPSA) is 61.2 Å². The van der Waals surface area contributed by atoms with Gasteiger partial charge in [-0.25, -0.2) is 4.98 Å². The highest BCUT2D eigenvalue weighted by Crippen LogP contribution is 2.06. The minimum Gasteiger partial charge on any atom is -0.336 e. The van der Waals surface area contributed by atoms with Crippen LogP contribution in [-0.2, 0) is 4.79 Å². The Morgan fingerprint density at radius 3 is 2.93 bits per heavy atom. The first-order chi connectivity index (χ1) is 6.83. The van der Waals surface area contributed by atoms with Crippen molar-refractivity contribution in [1.82, 2.24) is 9.71 Å². The molecule has 2 aromatic rings. The second kappa shape index (κ2) is 3.29. The van der Waals surface area contributed by atoms with Gasteiger partial charge in [0.1, 0.15) is 5.52 Å². The molecule has 0 saturated carbocycles. The molecule has 5 heteroatoms. The smallest absolute Gasteiger partial charge is 0.321 e. The average Bonchev–Trinajstić information content (AvgIpc) is 2.23. The number of nitrogens with zero attached hydrogens (tertiary/aromatic N) is 2. The fourth-order valence-electron chi connectivity index (χ4n) is 1.19. The largest absolute Gasteiger partial charge is 0.336 e. The molecule has 0 N–H and O–H groups in total. The fourth-order valence-corrected chi connectivity index (χ4v) is 1.19. The monoisotopic (exact) mass is 190 g/mol. The lowest BCUT2D eigenvalue weighted by Crippen LogP contribution is -2.26. The van der Waals surface area contributed by atoms with E-state index in [1.165, 1.54) is 0 Å². The van der Waals surface area contributed by atoms with Crippen LogP contribution in [0.3, 0.4) is 0 Å². The minimum atomic E-state index is -0.476. The van der Waals surface area contributed by atoms with E-state index in [9.17, 15) is 9.59 Å². The predicted molar refractivity (Wildman–Crippen MR) is 48.6 cm³/mol. The van der Waals surface area contributed by atoms with Crippen molar-refractivity contribution in [2.24, 2.45) is 0 Å². The van der Waals surface area contributed by atoms with Gasteiger partial charge in [0.15, 0.2) is 0 Å². The van der Waals surface area contributed by atoms with E-state index in [0.29, 0.717) is 11.0 Å². The molecule has 0 aliphatic carbocycles. The quantitative estimate of drug-likeness (QED) is 0.624. The number of rotatable bonds is 2. The molecule has 0 amide bonds. The number of aromatic nitrogens is 2. The van der Waals surface area contributed by atoms with E-state index >= 15 is 0 Å². The van der Waals surface area contributed by atoms with Gasteiger partial charge in [-0.15, -0.1) is 4.73 Å². The molecule has 14 heavy (non-hydrogen) atoms. The third-order valence-corrected chi connectivity index (χ3v) is 1.76. The Kier molecular flexibility index (Phi) is 1.98. The van der Waals surface area contributed by atoms with Crippen molar-refractivity contribution in [2.75, 3.05) is 0 Å². The standard InChI is InChI=1S/C9H6N2O3/c12-6-14-11-8-4-2-1-3-7(8)10-5-9(11)13/h1-6H. The van der Waals surface area contributed by atoms with E-state index in [0.717, 1.165) is 10.9 Å². The fraction of sp³-hybridized carbons (Fsp3) is 0. The number of hydrogen-bond donors (Lipinski definition) is 0. The molecule has 5 nitrogen and oxygen atoms in total. The van der Waals surface area contributed by atoms with Crippen LogP contribution in [0.15, 0.2) is 35.3 Å². The van der Waals surface area contributed by atoms with Crippen LogP contribution < -0.4 is 10.4 Å². The van der Waals surface area contributed by atoms with Gasteiger partial charge in [-0.3, -0.25) is 9.59 Å². The Morgan fingerprint density at radius 1 is 1.36 bits per heavy atom. The van der Waals surface area contributed by atoms with E-state index < -0.39 is 5.56 Å². The van der Waals surface area contributed by atoms with Crippen LogP contribution in [-0.4, -0.2) is 16.2 Å². The van der Waals surface area contributed by atoms with E-state index in [1.54, 1.807) is 24.3 Å². The summed E-state index contributed by atoms with van der Waals surface area (Å²) in [5.74, 6) is 0. The molecule has 0 saturated heterocycles. The molecule has 0 fully saturated rings. The third-order valence-electron chi connectivity index (χ3n) is 1.76. The number of fused-ring (bicyclic) bond motifs is 1. The predicted octanol–water partition coefficient (Wildman–Crippen LogP) is -0.0185. The van der Waals surface area contributed by atoms with Crippen molar-refractivity contribution in [3.8, 4) is 0 Å². The maximum absolute atomic E-state index is 11.2. The van der Waals surface area contributed by atoms with Crippen LogP contribution in [0.2, 0.25) is 0 Å². The molecule has 70 valence electrons. The third kappa shape index (κ3) is 1.24. The van der Waals surface area contributed by atoms with E-state index in [2.05, 4.69) is 9.82 Å².